The minimum atomic E-state index is -0.399. The molecule has 0 aromatic heterocycles. The second-order valence-corrected chi connectivity index (χ2v) is 4.19. The third kappa shape index (κ3) is 2.97. The third-order valence-electron chi connectivity index (χ3n) is 2.65. The van der Waals surface area contributed by atoms with Gasteiger partial charge in [-0.25, -0.2) is 8.78 Å². The number of anilines is 2. The second-order valence-electron chi connectivity index (χ2n) is 4.19. The molecule has 94 valence electrons. The summed E-state index contributed by atoms with van der Waals surface area (Å²) in [5.41, 5.74) is 7.27. The molecular weight excluding hydrogens is 234 g/mol. The van der Waals surface area contributed by atoms with E-state index in [4.69, 9.17) is 5.73 Å². The van der Waals surface area contributed by atoms with Crippen molar-refractivity contribution in [3.8, 4) is 0 Å². The molecule has 2 aromatic carbocycles. The van der Waals surface area contributed by atoms with Gasteiger partial charge in [0.25, 0.3) is 0 Å². The molecule has 18 heavy (non-hydrogen) atoms. The molecule has 0 radical (unpaired) electrons. The van der Waals surface area contributed by atoms with Gasteiger partial charge in [-0.05, 0) is 42.8 Å². The first-order valence-electron chi connectivity index (χ1n) is 5.62. The first kappa shape index (κ1) is 12.4. The van der Waals surface area contributed by atoms with Crippen molar-refractivity contribution in [1.82, 2.24) is 0 Å². The lowest BCUT2D eigenvalue weighted by Gasteiger charge is -2.16. The van der Waals surface area contributed by atoms with Gasteiger partial charge in [0.05, 0.1) is 0 Å². The summed E-state index contributed by atoms with van der Waals surface area (Å²) in [4.78, 5) is 0. The van der Waals surface area contributed by atoms with Crippen molar-refractivity contribution in [1.29, 1.82) is 0 Å². The van der Waals surface area contributed by atoms with Gasteiger partial charge in [0.15, 0.2) is 0 Å². The lowest BCUT2D eigenvalue weighted by molar-refractivity contribution is 0.623. The number of hydrogen-bond acceptors (Lipinski definition) is 2. The Bertz CT molecular complexity index is 535. The zero-order valence-corrected chi connectivity index (χ0v) is 9.95. The predicted molar refractivity (Wildman–Crippen MR) is 69.3 cm³/mol. The van der Waals surface area contributed by atoms with Crippen LogP contribution in [-0.2, 0) is 0 Å². The zero-order valence-electron chi connectivity index (χ0n) is 9.95. The van der Waals surface area contributed by atoms with Crippen molar-refractivity contribution >= 4 is 11.4 Å². The molecule has 0 bridgehead atoms. The van der Waals surface area contributed by atoms with E-state index < -0.39 is 5.82 Å². The number of rotatable bonds is 3. The number of benzene rings is 2. The van der Waals surface area contributed by atoms with E-state index in [2.05, 4.69) is 5.32 Å². The lowest BCUT2D eigenvalue weighted by atomic mass is 10.1. The van der Waals surface area contributed by atoms with Crippen LogP contribution < -0.4 is 11.1 Å². The minimum absolute atomic E-state index is 0.137. The van der Waals surface area contributed by atoms with Crippen molar-refractivity contribution in [2.75, 3.05) is 11.1 Å². The van der Waals surface area contributed by atoms with Gasteiger partial charge in [0, 0.05) is 17.4 Å². The molecule has 0 spiro atoms. The van der Waals surface area contributed by atoms with Crippen LogP contribution in [0.2, 0.25) is 0 Å². The summed E-state index contributed by atoms with van der Waals surface area (Å²) in [6.07, 6.45) is 0. The fraction of sp³-hybridized carbons (Fsp3) is 0.143. The summed E-state index contributed by atoms with van der Waals surface area (Å²) in [6, 6.07) is 10.4. The molecule has 0 saturated carbocycles. The monoisotopic (exact) mass is 248 g/mol. The molecule has 2 rings (SSSR count). The van der Waals surface area contributed by atoms with E-state index in [-0.39, 0.29) is 11.9 Å². The molecular formula is C14H14F2N2. The molecule has 0 aliphatic rings. The Labute approximate surface area is 104 Å². The first-order chi connectivity index (χ1) is 8.54. The predicted octanol–water partition coefficient (Wildman–Crippen LogP) is 3.72. The van der Waals surface area contributed by atoms with E-state index in [1.165, 1.54) is 24.3 Å². The molecule has 0 aliphatic carbocycles. The van der Waals surface area contributed by atoms with Gasteiger partial charge in [-0.2, -0.15) is 0 Å². The van der Waals surface area contributed by atoms with Crippen LogP contribution in [0.15, 0.2) is 42.5 Å². The summed E-state index contributed by atoms with van der Waals surface area (Å²) < 4.78 is 26.3. The van der Waals surface area contributed by atoms with Crippen molar-refractivity contribution < 1.29 is 8.78 Å². The minimum Gasteiger partial charge on any atom is -0.399 e. The van der Waals surface area contributed by atoms with Gasteiger partial charge >= 0.3 is 0 Å². The Morgan fingerprint density at radius 1 is 1.06 bits per heavy atom. The van der Waals surface area contributed by atoms with Gasteiger partial charge in [-0.3, -0.25) is 0 Å². The van der Waals surface area contributed by atoms with E-state index in [0.29, 0.717) is 11.4 Å². The molecule has 0 amide bonds. The van der Waals surface area contributed by atoms with Gasteiger partial charge in [-0.15, -0.1) is 0 Å². The molecule has 1 atom stereocenters. The van der Waals surface area contributed by atoms with E-state index in [9.17, 15) is 8.78 Å². The highest BCUT2D eigenvalue weighted by Gasteiger charge is 2.07. The van der Waals surface area contributed by atoms with Crippen LogP contribution in [0.25, 0.3) is 0 Å². The smallest absolute Gasteiger partial charge is 0.127 e. The normalized spacial score (nSPS) is 12.2. The fourth-order valence-corrected chi connectivity index (χ4v) is 1.80. The summed E-state index contributed by atoms with van der Waals surface area (Å²) in [6.45, 7) is 1.87. The molecule has 4 heteroatoms. The van der Waals surface area contributed by atoms with Crippen molar-refractivity contribution in [2.45, 2.75) is 13.0 Å². The highest BCUT2D eigenvalue weighted by molar-refractivity contribution is 5.55. The Morgan fingerprint density at radius 3 is 2.50 bits per heavy atom. The lowest BCUT2D eigenvalue weighted by Crippen LogP contribution is -2.07. The van der Waals surface area contributed by atoms with Crippen LogP contribution >= 0.6 is 0 Å². The topological polar surface area (TPSA) is 38.0 Å². The van der Waals surface area contributed by atoms with Gasteiger partial charge in [0.1, 0.15) is 11.6 Å². The van der Waals surface area contributed by atoms with Crippen molar-refractivity contribution in [3.63, 3.8) is 0 Å². The van der Waals surface area contributed by atoms with E-state index >= 15 is 0 Å². The SMILES string of the molecule is CC(Nc1cc(N)cc(F)c1)c1cccc(F)c1. The van der Waals surface area contributed by atoms with Gasteiger partial charge < -0.3 is 11.1 Å². The molecule has 2 nitrogen and oxygen atoms in total. The van der Waals surface area contributed by atoms with Crippen LogP contribution in [0.3, 0.4) is 0 Å². The van der Waals surface area contributed by atoms with Crippen molar-refractivity contribution in [2.24, 2.45) is 0 Å². The third-order valence-corrected chi connectivity index (χ3v) is 2.65. The number of nitrogen functional groups attached to an aromatic ring is 1. The highest BCUT2D eigenvalue weighted by Crippen LogP contribution is 2.22. The molecule has 0 aliphatic heterocycles. The molecule has 0 heterocycles. The maximum atomic E-state index is 13.2. The molecule has 1 unspecified atom stereocenters. The van der Waals surface area contributed by atoms with Gasteiger partial charge in [-0.1, -0.05) is 12.1 Å². The van der Waals surface area contributed by atoms with Crippen LogP contribution in [0.1, 0.15) is 18.5 Å². The zero-order chi connectivity index (χ0) is 13.1. The Balaban J connectivity index is 2.18. The average molecular weight is 248 g/mol. The molecule has 2 aromatic rings. The molecule has 0 fully saturated rings. The van der Waals surface area contributed by atoms with E-state index in [1.54, 1.807) is 12.1 Å². The number of nitrogens with one attached hydrogen (secondary N) is 1. The number of halogens is 2. The maximum Gasteiger partial charge on any atom is 0.127 e. The maximum absolute atomic E-state index is 13.2. The summed E-state index contributed by atoms with van der Waals surface area (Å²) in [7, 11) is 0. The largest absolute Gasteiger partial charge is 0.399 e. The average Bonchev–Trinajstić information content (AvgIpc) is 2.27. The number of hydrogen-bond donors (Lipinski definition) is 2. The summed E-state index contributed by atoms with van der Waals surface area (Å²) >= 11 is 0. The van der Waals surface area contributed by atoms with Crippen LogP contribution in [0, 0.1) is 11.6 Å². The second kappa shape index (κ2) is 5.04. The Hall–Kier alpha value is -2.10. The first-order valence-corrected chi connectivity index (χ1v) is 5.62. The number of nitrogens with two attached hydrogens (primary N) is 1. The summed E-state index contributed by atoms with van der Waals surface area (Å²) in [5, 5.41) is 3.08. The van der Waals surface area contributed by atoms with Crippen LogP contribution in [0.5, 0.6) is 0 Å². The fourth-order valence-electron chi connectivity index (χ4n) is 1.80. The standard InChI is InChI=1S/C14H14F2N2/c1-9(10-3-2-4-11(15)5-10)18-14-7-12(16)6-13(17)8-14/h2-9,18H,17H2,1H3. The van der Waals surface area contributed by atoms with Gasteiger partial charge in [0.2, 0.25) is 0 Å². The van der Waals surface area contributed by atoms with Crippen LogP contribution in [-0.4, -0.2) is 0 Å². The van der Waals surface area contributed by atoms with E-state index in [0.717, 1.165) is 5.56 Å². The van der Waals surface area contributed by atoms with E-state index in [1.807, 2.05) is 13.0 Å². The van der Waals surface area contributed by atoms with Crippen molar-refractivity contribution in [3.05, 3.63) is 59.7 Å². The van der Waals surface area contributed by atoms with Crippen LogP contribution in [0.4, 0.5) is 20.2 Å². The Morgan fingerprint density at radius 2 is 1.83 bits per heavy atom. The molecule has 3 N–H and O–H groups in total. The Kier molecular flexibility index (Phi) is 3.46. The molecule has 0 saturated heterocycles. The quantitative estimate of drug-likeness (QED) is 0.812. The highest BCUT2D eigenvalue weighted by atomic mass is 19.1. The summed E-state index contributed by atoms with van der Waals surface area (Å²) in [5.74, 6) is -0.691.